The summed E-state index contributed by atoms with van der Waals surface area (Å²) >= 11 is 1.66. The molecule has 0 bridgehead atoms. The first kappa shape index (κ1) is 14.8. The molecule has 1 aromatic rings. The summed E-state index contributed by atoms with van der Waals surface area (Å²) in [6.45, 7) is 1.84. The van der Waals surface area contributed by atoms with Gasteiger partial charge in [-0.1, -0.05) is 0 Å². The van der Waals surface area contributed by atoms with Crippen molar-refractivity contribution in [1.82, 2.24) is 10.3 Å². The van der Waals surface area contributed by atoms with Gasteiger partial charge in [-0.3, -0.25) is 4.79 Å². The molecule has 2 aliphatic rings. The molecule has 1 atom stereocenters. The molecule has 1 aliphatic heterocycles. The van der Waals surface area contributed by atoms with E-state index in [2.05, 4.69) is 15.6 Å². The van der Waals surface area contributed by atoms with Crippen LogP contribution in [0.5, 0.6) is 0 Å². The quantitative estimate of drug-likeness (QED) is 0.882. The number of thiazole rings is 1. The molecule has 0 radical (unpaired) electrons. The molecule has 3 rings (SSSR count). The SMILES string of the molecule is Cl.O=C(Nc1nc2c(s1)CCCC2)C1CCCNC1. The van der Waals surface area contributed by atoms with Gasteiger partial charge in [-0.15, -0.1) is 23.7 Å². The van der Waals surface area contributed by atoms with Crippen LogP contribution in [0.15, 0.2) is 0 Å². The standard InChI is InChI=1S/C13H19N3OS.ClH/c17-12(9-4-3-7-14-8-9)16-13-15-10-5-1-2-6-11(10)18-13;/h9,14H,1-8H2,(H,15,16,17);1H. The predicted molar refractivity (Wildman–Crippen MR) is 80.2 cm³/mol. The zero-order valence-electron chi connectivity index (χ0n) is 10.9. The minimum absolute atomic E-state index is 0. The first-order chi connectivity index (χ1) is 8.83. The van der Waals surface area contributed by atoms with Crippen LogP contribution in [0.4, 0.5) is 5.13 Å². The number of hydrogen-bond acceptors (Lipinski definition) is 4. The van der Waals surface area contributed by atoms with Gasteiger partial charge < -0.3 is 10.6 Å². The van der Waals surface area contributed by atoms with Gasteiger partial charge in [-0.05, 0) is 45.1 Å². The van der Waals surface area contributed by atoms with Crippen LogP contribution >= 0.6 is 23.7 Å². The van der Waals surface area contributed by atoms with Crippen molar-refractivity contribution < 1.29 is 4.79 Å². The summed E-state index contributed by atoms with van der Waals surface area (Å²) < 4.78 is 0. The van der Waals surface area contributed by atoms with Crippen molar-refractivity contribution in [2.24, 2.45) is 5.92 Å². The van der Waals surface area contributed by atoms with Crippen molar-refractivity contribution in [3.63, 3.8) is 0 Å². The molecule has 2 N–H and O–H groups in total. The summed E-state index contributed by atoms with van der Waals surface area (Å²) in [5.41, 5.74) is 1.21. The van der Waals surface area contributed by atoms with Crippen molar-refractivity contribution in [2.75, 3.05) is 18.4 Å². The second kappa shape index (κ2) is 6.68. The number of nitrogens with zero attached hydrogens (tertiary/aromatic N) is 1. The average molecular weight is 302 g/mol. The molecule has 19 heavy (non-hydrogen) atoms. The maximum atomic E-state index is 12.1. The van der Waals surface area contributed by atoms with Gasteiger partial charge in [0.25, 0.3) is 0 Å². The summed E-state index contributed by atoms with van der Waals surface area (Å²) in [6.07, 6.45) is 6.78. The highest BCUT2D eigenvalue weighted by Gasteiger charge is 2.23. The monoisotopic (exact) mass is 301 g/mol. The van der Waals surface area contributed by atoms with Crippen LogP contribution in [0.25, 0.3) is 0 Å². The van der Waals surface area contributed by atoms with Crippen LogP contribution in [0, 0.1) is 5.92 Å². The van der Waals surface area contributed by atoms with E-state index in [-0.39, 0.29) is 24.2 Å². The first-order valence-corrected chi connectivity index (χ1v) is 7.65. The molecule has 106 valence electrons. The number of rotatable bonds is 2. The maximum absolute atomic E-state index is 12.1. The third-order valence-electron chi connectivity index (χ3n) is 3.74. The third kappa shape index (κ3) is 3.46. The zero-order valence-corrected chi connectivity index (χ0v) is 12.5. The number of halogens is 1. The number of nitrogens with one attached hydrogen (secondary N) is 2. The second-order valence-electron chi connectivity index (χ2n) is 5.13. The van der Waals surface area contributed by atoms with Crippen molar-refractivity contribution in [2.45, 2.75) is 38.5 Å². The maximum Gasteiger partial charge on any atom is 0.230 e. The van der Waals surface area contributed by atoms with Crippen LogP contribution in [-0.2, 0) is 17.6 Å². The van der Waals surface area contributed by atoms with Gasteiger partial charge in [-0.25, -0.2) is 4.98 Å². The molecular weight excluding hydrogens is 282 g/mol. The van der Waals surface area contributed by atoms with E-state index in [4.69, 9.17) is 0 Å². The Hall–Kier alpha value is -0.650. The van der Waals surface area contributed by atoms with E-state index < -0.39 is 0 Å². The van der Waals surface area contributed by atoms with Crippen LogP contribution in [0.1, 0.15) is 36.3 Å². The summed E-state index contributed by atoms with van der Waals surface area (Å²) in [7, 11) is 0. The Balaban J connectivity index is 0.00000133. The lowest BCUT2D eigenvalue weighted by molar-refractivity contribution is -0.120. The lowest BCUT2D eigenvalue weighted by atomic mass is 9.99. The molecule has 1 aliphatic carbocycles. The minimum atomic E-state index is 0. The minimum Gasteiger partial charge on any atom is -0.316 e. The smallest absolute Gasteiger partial charge is 0.230 e. The molecule has 1 unspecified atom stereocenters. The number of carbonyl (C=O) groups excluding carboxylic acids is 1. The van der Waals surface area contributed by atoms with E-state index in [1.54, 1.807) is 11.3 Å². The summed E-state index contributed by atoms with van der Waals surface area (Å²) in [5, 5.41) is 7.07. The van der Waals surface area contributed by atoms with E-state index in [1.807, 2.05) is 0 Å². The highest BCUT2D eigenvalue weighted by Crippen LogP contribution is 2.29. The van der Waals surface area contributed by atoms with Gasteiger partial charge in [-0.2, -0.15) is 0 Å². The van der Waals surface area contributed by atoms with Gasteiger partial charge >= 0.3 is 0 Å². The van der Waals surface area contributed by atoms with Crippen molar-refractivity contribution in [3.8, 4) is 0 Å². The Bertz CT molecular complexity index is 420. The fourth-order valence-electron chi connectivity index (χ4n) is 2.69. The molecule has 0 saturated carbocycles. The largest absolute Gasteiger partial charge is 0.316 e. The lowest BCUT2D eigenvalue weighted by Crippen LogP contribution is -2.37. The number of hydrogen-bond donors (Lipinski definition) is 2. The number of aryl methyl sites for hydroxylation is 2. The van der Waals surface area contributed by atoms with Gasteiger partial charge in [0.1, 0.15) is 0 Å². The zero-order chi connectivity index (χ0) is 12.4. The topological polar surface area (TPSA) is 54.0 Å². The van der Waals surface area contributed by atoms with Crippen LogP contribution in [-0.4, -0.2) is 24.0 Å². The van der Waals surface area contributed by atoms with Crippen molar-refractivity contribution >= 4 is 34.8 Å². The number of carbonyl (C=O) groups is 1. The number of fused-ring (bicyclic) bond motifs is 1. The van der Waals surface area contributed by atoms with Gasteiger partial charge in [0.2, 0.25) is 5.91 Å². The van der Waals surface area contributed by atoms with Crippen LogP contribution in [0.2, 0.25) is 0 Å². The highest BCUT2D eigenvalue weighted by atomic mass is 35.5. The average Bonchev–Trinajstić information content (AvgIpc) is 2.82. The fraction of sp³-hybridized carbons (Fsp3) is 0.692. The van der Waals surface area contributed by atoms with Crippen molar-refractivity contribution in [3.05, 3.63) is 10.6 Å². The summed E-state index contributed by atoms with van der Waals surface area (Å²) in [5.74, 6) is 0.243. The van der Waals surface area contributed by atoms with Gasteiger partial charge in [0, 0.05) is 11.4 Å². The molecule has 1 saturated heterocycles. The van der Waals surface area contributed by atoms with E-state index in [1.165, 1.54) is 23.4 Å². The van der Waals surface area contributed by atoms with Gasteiger partial charge in [0.05, 0.1) is 11.6 Å². The molecular formula is C13H20ClN3OS. The summed E-state index contributed by atoms with van der Waals surface area (Å²) in [6, 6.07) is 0. The Morgan fingerprint density at radius 1 is 1.32 bits per heavy atom. The summed E-state index contributed by atoms with van der Waals surface area (Å²) in [4.78, 5) is 18.0. The molecule has 1 amide bonds. The lowest BCUT2D eigenvalue weighted by Gasteiger charge is -2.21. The third-order valence-corrected chi connectivity index (χ3v) is 4.82. The van der Waals surface area contributed by atoms with E-state index in [9.17, 15) is 4.79 Å². The van der Waals surface area contributed by atoms with E-state index in [0.29, 0.717) is 0 Å². The van der Waals surface area contributed by atoms with Gasteiger partial charge in [0.15, 0.2) is 5.13 Å². The predicted octanol–water partition coefficient (Wildman–Crippen LogP) is 2.38. The number of anilines is 1. The molecule has 0 spiro atoms. The normalized spacial score (nSPS) is 22.2. The Morgan fingerprint density at radius 3 is 2.89 bits per heavy atom. The molecule has 4 nitrogen and oxygen atoms in total. The Morgan fingerprint density at radius 2 is 2.16 bits per heavy atom. The molecule has 0 aromatic carbocycles. The molecule has 1 fully saturated rings. The second-order valence-corrected chi connectivity index (χ2v) is 6.21. The highest BCUT2D eigenvalue weighted by molar-refractivity contribution is 7.15. The van der Waals surface area contributed by atoms with E-state index in [0.717, 1.165) is 43.9 Å². The first-order valence-electron chi connectivity index (χ1n) is 6.83. The fourth-order valence-corrected chi connectivity index (χ4v) is 3.74. The number of amides is 1. The van der Waals surface area contributed by atoms with Crippen LogP contribution < -0.4 is 10.6 Å². The Labute approximate surface area is 123 Å². The van der Waals surface area contributed by atoms with Crippen LogP contribution in [0.3, 0.4) is 0 Å². The van der Waals surface area contributed by atoms with Crippen molar-refractivity contribution in [1.29, 1.82) is 0 Å². The Kier molecular flexibility index (Phi) is 5.19. The van der Waals surface area contributed by atoms with E-state index >= 15 is 0 Å². The molecule has 6 heteroatoms. The molecule has 2 heterocycles. The number of aromatic nitrogens is 1. The molecule has 1 aromatic heterocycles. The number of piperidine rings is 1.